The average molecular weight is 540 g/mol. The fourth-order valence-corrected chi connectivity index (χ4v) is 6.61. The van der Waals surface area contributed by atoms with E-state index in [2.05, 4.69) is 113 Å². The van der Waals surface area contributed by atoms with Crippen LogP contribution >= 0.6 is 31.9 Å². The fraction of sp³-hybridized carbons (Fsp3) is 0.357. The van der Waals surface area contributed by atoms with Gasteiger partial charge in [0.05, 0.1) is 5.60 Å². The van der Waals surface area contributed by atoms with E-state index in [0.29, 0.717) is 17.8 Å². The normalized spacial score (nSPS) is 26.9. The molecule has 6 rings (SSSR count). The molecule has 1 fully saturated rings. The molecule has 4 unspecified atom stereocenters. The van der Waals surface area contributed by atoms with Crippen molar-refractivity contribution in [3.63, 3.8) is 0 Å². The predicted octanol–water partition coefficient (Wildman–Crippen LogP) is 8.54. The molecule has 1 saturated carbocycles. The lowest BCUT2D eigenvalue weighted by Gasteiger charge is -2.54. The van der Waals surface area contributed by atoms with E-state index >= 15 is 0 Å². The summed E-state index contributed by atoms with van der Waals surface area (Å²) < 4.78 is 2.19. The highest BCUT2D eigenvalue weighted by molar-refractivity contribution is 9.10. The second-order valence-electron chi connectivity index (χ2n) is 9.87. The molecule has 0 aliphatic heterocycles. The van der Waals surface area contributed by atoms with E-state index in [-0.39, 0.29) is 5.92 Å². The quantitative estimate of drug-likeness (QED) is 0.353. The van der Waals surface area contributed by atoms with Crippen molar-refractivity contribution in [2.24, 2.45) is 11.8 Å². The number of benzene rings is 3. The van der Waals surface area contributed by atoms with E-state index < -0.39 is 5.60 Å². The molecule has 31 heavy (non-hydrogen) atoms. The van der Waals surface area contributed by atoms with Gasteiger partial charge in [-0.15, -0.1) is 0 Å². The molecule has 3 aliphatic carbocycles. The zero-order valence-corrected chi connectivity index (χ0v) is 21.4. The Morgan fingerprint density at radius 1 is 0.806 bits per heavy atom. The van der Waals surface area contributed by atoms with Crippen molar-refractivity contribution in [1.82, 2.24) is 0 Å². The second kappa shape index (κ2) is 7.86. The van der Waals surface area contributed by atoms with Crippen LogP contribution in [0.1, 0.15) is 56.6 Å². The Morgan fingerprint density at radius 3 is 1.77 bits per heavy atom. The Kier molecular flexibility index (Phi) is 5.44. The Morgan fingerprint density at radius 2 is 1.29 bits per heavy atom. The van der Waals surface area contributed by atoms with Crippen molar-refractivity contribution in [2.75, 3.05) is 0 Å². The SMILES string of the molecule is CC(C)C1CC2c3c(-c4ccc(Br)cc4)ccc(-c4ccc(Br)cc4)c3C1CC2(C)O. The van der Waals surface area contributed by atoms with Gasteiger partial charge in [0.1, 0.15) is 0 Å². The predicted molar refractivity (Wildman–Crippen MR) is 136 cm³/mol. The lowest BCUT2D eigenvalue weighted by atomic mass is 9.52. The topological polar surface area (TPSA) is 20.2 Å². The van der Waals surface area contributed by atoms with Crippen molar-refractivity contribution in [3.8, 4) is 22.3 Å². The summed E-state index contributed by atoms with van der Waals surface area (Å²) in [5.74, 6) is 1.75. The maximum absolute atomic E-state index is 11.5. The van der Waals surface area contributed by atoms with E-state index in [1.165, 1.54) is 33.4 Å². The zero-order valence-electron chi connectivity index (χ0n) is 18.2. The summed E-state index contributed by atoms with van der Waals surface area (Å²) in [5.41, 5.74) is 7.29. The second-order valence-corrected chi connectivity index (χ2v) is 11.7. The third-order valence-corrected chi connectivity index (χ3v) is 8.64. The van der Waals surface area contributed by atoms with Gasteiger partial charge in [-0.2, -0.15) is 0 Å². The van der Waals surface area contributed by atoms with Crippen LogP contribution in [0.4, 0.5) is 0 Å². The lowest BCUT2D eigenvalue weighted by Crippen LogP contribution is -2.48. The van der Waals surface area contributed by atoms with Gasteiger partial charge in [-0.3, -0.25) is 0 Å². The molecule has 0 aromatic heterocycles. The summed E-state index contributed by atoms with van der Waals surface area (Å²) in [6.07, 6.45) is 1.91. The molecule has 0 radical (unpaired) electrons. The van der Waals surface area contributed by atoms with Crippen LogP contribution in [0.3, 0.4) is 0 Å². The molecule has 3 heteroatoms. The van der Waals surface area contributed by atoms with E-state index in [1.54, 1.807) is 0 Å². The number of fused-ring (bicyclic) bond motifs is 2. The summed E-state index contributed by atoms with van der Waals surface area (Å²) in [4.78, 5) is 0. The molecule has 1 N–H and O–H groups in total. The molecule has 4 atom stereocenters. The molecule has 0 heterocycles. The van der Waals surface area contributed by atoms with E-state index in [9.17, 15) is 5.11 Å². The molecule has 3 aromatic rings. The van der Waals surface area contributed by atoms with Gasteiger partial charge < -0.3 is 5.11 Å². The van der Waals surface area contributed by atoms with E-state index in [4.69, 9.17) is 0 Å². The monoisotopic (exact) mass is 538 g/mol. The third-order valence-electron chi connectivity index (χ3n) is 7.58. The Bertz CT molecular complexity index is 1110. The highest BCUT2D eigenvalue weighted by Gasteiger charge is 2.52. The standard InChI is InChI=1S/C28H28Br2O/c1-16(2)23-14-25-27-22(18-6-10-20(30)11-7-18)13-12-21(17-4-8-19(29)9-5-17)26(27)24(23)15-28(25,3)31/h4-13,16,23-25,31H,14-15H2,1-3H3. The van der Waals surface area contributed by atoms with Gasteiger partial charge in [0, 0.05) is 14.9 Å². The molecule has 160 valence electrons. The number of rotatable bonds is 3. The molecule has 0 amide bonds. The summed E-state index contributed by atoms with van der Waals surface area (Å²) in [6.45, 7) is 6.75. The highest BCUT2D eigenvalue weighted by Crippen LogP contribution is 2.62. The molecule has 3 aromatic carbocycles. The van der Waals surface area contributed by atoms with Crippen molar-refractivity contribution >= 4 is 31.9 Å². The highest BCUT2D eigenvalue weighted by atomic mass is 79.9. The van der Waals surface area contributed by atoms with Crippen molar-refractivity contribution in [2.45, 2.75) is 51.0 Å². The maximum Gasteiger partial charge on any atom is 0.0694 e. The molecule has 3 aliphatic rings. The van der Waals surface area contributed by atoms with Crippen LogP contribution in [0, 0.1) is 11.8 Å². The van der Waals surface area contributed by atoms with Crippen molar-refractivity contribution < 1.29 is 5.11 Å². The molecule has 1 nitrogen and oxygen atoms in total. The van der Waals surface area contributed by atoms with Crippen LogP contribution in [0.15, 0.2) is 69.6 Å². The van der Waals surface area contributed by atoms with Gasteiger partial charge in [0.2, 0.25) is 0 Å². The maximum atomic E-state index is 11.5. The van der Waals surface area contributed by atoms with Crippen LogP contribution < -0.4 is 0 Å². The molecule has 0 saturated heterocycles. The Hall–Kier alpha value is -1.42. The summed E-state index contributed by atoms with van der Waals surface area (Å²) in [5, 5.41) is 11.5. The summed E-state index contributed by atoms with van der Waals surface area (Å²) in [7, 11) is 0. The summed E-state index contributed by atoms with van der Waals surface area (Å²) in [6, 6.07) is 21.9. The van der Waals surface area contributed by atoms with Crippen molar-refractivity contribution in [3.05, 3.63) is 80.7 Å². The van der Waals surface area contributed by atoms with E-state index in [1.807, 2.05) is 0 Å². The number of aliphatic hydroxyl groups is 1. The minimum absolute atomic E-state index is 0.161. The summed E-state index contributed by atoms with van der Waals surface area (Å²) >= 11 is 7.15. The molecule has 2 bridgehead atoms. The van der Waals surface area contributed by atoms with Gasteiger partial charge in [-0.25, -0.2) is 0 Å². The largest absolute Gasteiger partial charge is 0.390 e. The van der Waals surface area contributed by atoms with Crippen LogP contribution in [-0.4, -0.2) is 10.7 Å². The average Bonchev–Trinajstić information content (AvgIpc) is 2.73. The zero-order chi connectivity index (χ0) is 21.9. The lowest BCUT2D eigenvalue weighted by molar-refractivity contribution is -0.0421. The van der Waals surface area contributed by atoms with Crippen molar-refractivity contribution in [1.29, 1.82) is 0 Å². The molecule has 0 spiro atoms. The van der Waals surface area contributed by atoms with Gasteiger partial charge >= 0.3 is 0 Å². The first-order valence-corrected chi connectivity index (χ1v) is 12.8. The first kappa shape index (κ1) is 21.4. The van der Waals surface area contributed by atoms with Crippen LogP contribution in [0.5, 0.6) is 0 Å². The van der Waals surface area contributed by atoms with Crippen LogP contribution in [0.2, 0.25) is 0 Å². The van der Waals surface area contributed by atoms with Gasteiger partial charge in [0.25, 0.3) is 0 Å². The smallest absolute Gasteiger partial charge is 0.0694 e. The van der Waals surface area contributed by atoms with E-state index in [0.717, 1.165) is 21.8 Å². The van der Waals surface area contributed by atoms with Gasteiger partial charge in [-0.05, 0) is 95.2 Å². The van der Waals surface area contributed by atoms with Gasteiger partial charge in [0.15, 0.2) is 0 Å². The number of hydrogen-bond acceptors (Lipinski definition) is 1. The first-order valence-electron chi connectivity index (χ1n) is 11.2. The number of hydrogen-bond donors (Lipinski definition) is 1. The Labute approximate surface area is 202 Å². The number of halogens is 2. The minimum Gasteiger partial charge on any atom is -0.390 e. The van der Waals surface area contributed by atoms with Crippen LogP contribution in [0.25, 0.3) is 22.3 Å². The van der Waals surface area contributed by atoms with Gasteiger partial charge in [-0.1, -0.05) is 82.1 Å². The van der Waals surface area contributed by atoms with Crippen LogP contribution in [-0.2, 0) is 0 Å². The Balaban J connectivity index is 1.79. The first-order chi connectivity index (χ1) is 14.8. The molecular weight excluding hydrogens is 512 g/mol. The minimum atomic E-state index is -0.661. The third kappa shape index (κ3) is 3.63. The molecular formula is C28H28Br2O. The fourth-order valence-electron chi connectivity index (χ4n) is 6.08.